The lowest BCUT2D eigenvalue weighted by molar-refractivity contribution is -0.125. The average Bonchev–Trinajstić information content (AvgIpc) is 3.21. The number of hydrogen-bond donors (Lipinski definition) is 1. The van der Waals surface area contributed by atoms with E-state index in [-0.39, 0.29) is 18.6 Å². The average molecular weight is 444 g/mol. The standard InChI is InChI=1S/C25H25N5O3/c26-15-17-5-4-6-18(13-17)24(32)28-25-27-21-14-20(29-11-12-33-16-23(29)31)9-10-22(21)30(25)19-7-2-1-3-8-19/h4-6,9-10,13-14,19H,1-3,7-8,11-12,16H2,(H,27,28,32). The van der Waals surface area contributed by atoms with Crippen molar-refractivity contribution in [3.63, 3.8) is 0 Å². The van der Waals surface area contributed by atoms with Crippen LogP contribution in [0.15, 0.2) is 47.5 Å². The topological polar surface area (TPSA) is 103 Å². The quantitative estimate of drug-likeness (QED) is 0.669. The van der Waals surface area contributed by atoms with Gasteiger partial charge in [0, 0.05) is 23.8 Å². The molecule has 1 saturated carbocycles. The molecule has 0 spiro atoms. The van der Waals surface area contributed by atoms with Crippen LogP contribution in [-0.4, -0.2) is 41.1 Å². The fourth-order valence-corrected chi connectivity index (χ4v) is 4.76. The van der Waals surface area contributed by atoms with Crippen LogP contribution < -0.4 is 10.5 Å². The first kappa shape index (κ1) is 21.2. The number of nitrogens with zero attached hydrogens (tertiary/aromatic N) is 4. The highest BCUT2D eigenvalue weighted by atomic mass is 16.5. The molecule has 2 fully saturated rings. The van der Waals surface area contributed by atoms with Gasteiger partial charge in [-0.15, -0.1) is 0 Å². The second-order valence-corrected chi connectivity index (χ2v) is 8.52. The highest BCUT2D eigenvalue weighted by molar-refractivity contribution is 5.97. The fourth-order valence-electron chi connectivity index (χ4n) is 4.76. The number of anilines is 1. The van der Waals surface area contributed by atoms with Crippen molar-refractivity contribution in [3.05, 3.63) is 59.2 Å². The molecule has 3 aromatic rings. The zero-order valence-corrected chi connectivity index (χ0v) is 18.3. The largest absolute Gasteiger partial charge is 0.370 e. The number of benzene rings is 2. The van der Waals surface area contributed by atoms with Gasteiger partial charge in [0.25, 0.3) is 11.8 Å². The SMILES string of the molecule is N#Cc1cccc(C(=O)/N=c2\[nH]c3cc(N4CCOCC4=O)ccc3n2C2CCCCC2)c1. The number of carbonyl (C=O) groups excluding carboxylic acids is 2. The maximum atomic E-state index is 13.0. The Bertz CT molecular complexity index is 1320. The molecule has 8 nitrogen and oxygen atoms in total. The van der Waals surface area contributed by atoms with Crippen LogP contribution in [0.3, 0.4) is 0 Å². The minimum Gasteiger partial charge on any atom is -0.370 e. The Balaban J connectivity index is 1.61. The number of aromatic amines is 1. The van der Waals surface area contributed by atoms with E-state index in [1.165, 1.54) is 6.42 Å². The molecule has 0 atom stereocenters. The summed E-state index contributed by atoms with van der Waals surface area (Å²) < 4.78 is 7.38. The van der Waals surface area contributed by atoms with Gasteiger partial charge in [-0.05, 0) is 49.2 Å². The van der Waals surface area contributed by atoms with Gasteiger partial charge in [-0.1, -0.05) is 25.3 Å². The Kier molecular flexibility index (Phi) is 5.80. The van der Waals surface area contributed by atoms with E-state index in [9.17, 15) is 9.59 Å². The molecular formula is C25H25N5O3. The van der Waals surface area contributed by atoms with Gasteiger partial charge < -0.3 is 19.2 Å². The fraction of sp³-hybridized carbons (Fsp3) is 0.360. The van der Waals surface area contributed by atoms with Crippen molar-refractivity contribution in [2.45, 2.75) is 38.1 Å². The number of morpholine rings is 1. The van der Waals surface area contributed by atoms with Gasteiger partial charge >= 0.3 is 0 Å². The number of hydrogen-bond acceptors (Lipinski definition) is 4. The Hall–Kier alpha value is -3.70. The first-order valence-electron chi connectivity index (χ1n) is 11.4. The van der Waals surface area contributed by atoms with Crippen LogP contribution in [0.5, 0.6) is 0 Å². The van der Waals surface area contributed by atoms with E-state index >= 15 is 0 Å². The summed E-state index contributed by atoms with van der Waals surface area (Å²) in [4.78, 5) is 34.8. The summed E-state index contributed by atoms with van der Waals surface area (Å²) in [6, 6.07) is 14.8. The van der Waals surface area contributed by atoms with Crippen molar-refractivity contribution in [1.29, 1.82) is 5.26 Å². The lowest BCUT2D eigenvalue weighted by Gasteiger charge is -2.27. The summed E-state index contributed by atoms with van der Waals surface area (Å²) in [6.45, 7) is 1.10. The third kappa shape index (κ3) is 4.20. The highest BCUT2D eigenvalue weighted by Crippen LogP contribution is 2.31. The van der Waals surface area contributed by atoms with Crippen molar-refractivity contribution in [3.8, 4) is 6.07 Å². The summed E-state index contributed by atoms with van der Waals surface area (Å²) in [5.41, 5.74) is 3.88. The predicted octanol–water partition coefficient (Wildman–Crippen LogP) is 3.45. The highest BCUT2D eigenvalue weighted by Gasteiger charge is 2.23. The minimum absolute atomic E-state index is 0.0650. The molecule has 2 amide bonds. The van der Waals surface area contributed by atoms with Crippen LogP contribution in [0.25, 0.3) is 11.0 Å². The number of ether oxygens (including phenoxy) is 1. The molecule has 1 aliphatic heterocycles. The van der Waals surface area contributed by atoms with Gasteiger partial charge in [0.05, 0.1) is 29.3 Å². The maximum absolute atomic E-state index is 13.0. The van der Waals surface area contributed by atoms with Crippen LogP contribution in [0.2, 0.25) is 0 Å². The van der Waals surface area contributed by atoms with Gasteiger partial charge in [0.15, 0.2) is 0 Å². The number of carbonyl (C=O) groups is 2. The molecule has 1 saturated heterocycles. The molecule has 0 unspecified atom stereocenters. The number of nitriles is 1. The normalized spacial score (nSPS) is 18.0. The van der Waals surface area contributed by atoms with Crippen molar-refractivity contribution < 1.29 is 14.3 Å². The van der Waals surface area contributed by atoms with Crippen LogP contribution >= 0.6 is 0 Å². The first-order chi connectivity index (χ1) is 16.1. The number of aromatic nitrogens is 2. The van der Waals surface area contributed by atoms with E-state index in [0.717, 1.165) is 42.4 Å². The number of amides is 2. The number of fused-ring (bicyclic) bond motifs is 1. The zero-order chi connectivity index (χ0) is 22.8. The van der Waals surface area contributed by atoms with Crippen molar-refractivity contribution in [2.75, 3.05) is 24.7 Å². The van der Waals surface area contributed by atoms with Crippen molar-refractivity contribution in [1.82, 2.24) is 9.55 Å². The number of H-pyrrole nitrogens is 1. The summed E-state index contributed by atoms with van der Waals surface area (Å²) in [6.07, 6.45) is 5.56. The maximum Gasteiger partial charge on any atom is 0.280 e. The first-order valence-corrected chi connectivity index (χ1v) is 11.4. The van der Waals surface area contributed by atoms with Crippen LogP contribution in [0, 0.1) is 11.3 Å². The molecule has 0 bridgehead atoms. The van der Waals surface area contributed by atoms with E-state index in [0.29, 0.717) is 29.9 Å². The molecule has 2 aliphatic rings. The molecule has 2 aromatic carbocycles. The Morgan fingerprint density at radius 3 is 2.79 bits per heavy atom. The molecule has 2 heterocycles. The van der Waals surface area contributed by atoms with E-state index in [1.54, 1.807) is 29.2 Å². The Morgan fingerprint density at radius 1 is 1.15 bits per heavy atom. The van der Waals surface area contributed by atoms with Gasteiger partial charge in [0.1, 0.15) is 6.61 Å². The molecule has 1 aromatic heterocycles. The smallest absolute Gasteiger partial charge is 0.280 e. The van der Waals surface area contributed by atoms with E-state index < -0.39 is 5.91 Å². The van der Waals surface area contributed by atoms with E-state index in [1.807, 2.05) is 18.2 Å². The van der Waals surface area contributed by atoms with Crippen molar-refractivity contribution in [2.24, 2.45) is 4.99 Å². The Morgan fingerprint density at radius 2 is 2.00 bits per heavy atom. The minimum atomic E-state index is -0.396. The molecule has 168 valence electrons. The molecule has 5 rings (SSSR count). The molecule has 33 heavy (non-hydrogen) atoms. The van der Waals surface area contributed by atoms with Crippen LogP contribution in [0.4, 0.5) is 5.69 Å². The molecule has 1 aliphatic carbocycles. The number of imidazole rings is 1. The summed E-state index contributed by atoms with van der Waals surface area (Å²) in [5.74, 6) is -0.462. The molecule has 1 N–H and O–H groups in total. The molecule has 0 radical (unpaired) electrons. The second kappa shape index (κ2) is 9.04. The summed E-state index contributed by atoms with van der Waals surface area (Å²) in [5, 5.41) is 9.16. The molecule has 8 heteroatoms. The van der Waals surface area contributed by atoms with Crippen molar-refractivity contribution >= 4 is 28.5 Å². The van der Waals surface area contributed by atoms with Gasteiger partial charge in [0.2, 0.25) is 5.62 Å². The lowest BCUT2D eigenvalue weighted by atomic mass is 9.95. The van der Waals surface area contributed by atoms with Gasteiger partial charge in [-0.25, -0.2) is 0 Å². The van der Waals surface area contributed by atoms with Gasteiger partial charge in [-0.3, -0.25) is 9.59 Å². The van der Waals surface area contributed by atoms with Crippen LogP contribution in [0.1, 0.15) is 54.1 Å². The van der Waals surface area contributed by atoms with Gasteiger partial charge in [-0.2, -0.15) is 10.3 Å². The third-order valence-electron chi connectivity index (χ3n) is 6.40. The summed E-state index contributed by atoms with van der Waals surface area (Å²) >= 11 is 0. The van der Waals surface area contributed by atoms with E-state index in [2.05, 4.69) is 20.6 Å². The third-order valence-corrected chi connectivity index (χ3v) is 6.40. The Labute approximate surface area is 191 Å². The number of nitrogens with one attached hydrogen (secondary N) is 1. The van der Waals surface area contributed by atoms with E-state index in [4.69, 9.17) is 10.00 Å². The monoisotopic (exact) mass is 443 g/mol. The predicted molar refractivity (Wildman–Crippen MR) is 123 cm³/mol. The number of rotatable bonds is 3. The zero-order valence-electron chi connectivity index (χ0n) is 18.3. The second-order valence-electron chi connectivity index (χ2n) is 8.52. The molecular weight excluding hydrogens is 418 g/mol. The van der Waals surface area contributed by atoms with Crippen LogP contribution in [-0.2, 0) is 9.53 Å². The lowest BCUT2D eigenvalue weighted by Crippen LogP contribution is -2.41. The summed E-state index contributed by atoms with van der Waals surface area (Å²) in [7, 11) is 0.